The Kier molecular flexibility index (Phi) is 5.25. The van der Waals surface area contributed by atoms with Crippen molar-refractivity contribution in [1.29, 1.82) is 0 Å². The zero-order valence-electron chi connectivity index (χ0n) is 11.8. The Bertz CT molecular complexity index is 419. The number of aliphatic hydroxyl groups is 1. The molecule has 0 aromatic carbocycles. The van der Waals surface area contributed by atoms with Crippen LogP contribution in [0.5, 0.6) is 0 Å². The van der Waals surface area contributed by atoms with E-state index in [4.69, 9.17) is 11.6 Å². The van der Waals surface area contributed by atoms with Crippen LogP contribution in [0.4, 0.5) is 0 Å². The topological polar surface area (TPSA) is 50.1 Å². The molecule has 0 radical (unpaired) electrons. The molecule has 2 unspecified atom stereocenters. The van der Waals surface area contributed by atoms with Gasteiger partial charge in [0.15, 0.2) is 0 Å². The third kappa shape index (κ3) is 3.12. The van der Waals surface area contributed by atoms with Crippen LogP contribution >= 0.6 is 11.6 Å². The van der Waals surface area contributed by atoms with E-state index in [2.05, 4.69) is 24.3 Å². The largest absolute Gasteiger partial charge is 0.396 e. The number of aryl methyl sites for hydroxylation is 2. The van der Waals surface area contributed by atoms with Gasteiger partial charge >= 0.3 is 0 Å². The second-order valence-corrected chi connectivity index (χ2v) is 5.62. The van der Waals surface area contributed by atoms with Crippen molar-refractivity contribution >= 4 is 11.6 Å². The lowest BCUT2D eigenvalue weighted by Crippen LogP contribution is -2.34. The van der Waals surface area contributed by atoms with E-state index < -0.39 is 0 Å². The quantitative estimate of drug-likeness (QED) is 0.844. The summed E-state index contributed by atoms with van der Waals surface area (Å²) < 4.78 is 1.98. The number of nitrogens with zero attached hydrogens (tertiary/aromatic N) is 2. The zero-order valence-corrected chi connectivity index (χ0v) is 12.6. The molecule has 1 aromatic rings. The van der Waals surface area contributed by atoms with Crippen LogP contribution in [-0.2, 0) is 19.5 Å². The number of aromatic nitrogens is 2. The summed E-state index contributed by atoms with van der Waals surface area (Å²) in [5, 5.41) is 18.2. The summed E-state index contributed by atoms with van der Waals surface area (Å²) in [7, 11) is 0. The Balaban J connectivity index is 2.04. The third-order valence-corrected chi connectivity index (χ3v) is 4.56. The average molecular weight is 286 g/mol. The van der Waals surface area contributed by atoms with E-state index in [1.807, 2.05) is 4.68 Å². The molecule has 1 fully saturated rings. The highest BCUT2D eigenvalue weighted by atomic mass is 35.5. The van der Waals surface area contributed by atoms with Gasteiger partial charge in [0, 0.05) is 25.7 Å². The molecule has 2 N–H and O–H groups in total. The van der Waals surface area contributed by atoms with Crippen molar-refractivity contribution in [2.75, 3.05) is 6.61 Å². The zero-order chi connectivity index (χ0) is 13.8. The SMILES string of the molecule is CCc1nn(CC)c(CNC2CCCC2CO)c1Cl. The van der Waals surface area contributed by atoms with Gasteiger partial charge < -0.3 is 10.4 Å². The predicted octanol–water partition coefficient (Wildman–Crippen LogP) is 2.37. The lowest BCUT2D eigenvalue weighted by molar-refractivity contribution is 0.204. The first kappa shape index (κ1) is 14.8. The Hall–Kier alpha value is -0.580. The molecule has 0 bridgehead atoms. The van der Waals surface area contributed by atoms with Gasteiger partial charge in [-0.25, -0.2) is 0 Å². The maximum Gasteiger partial charge on any atom is 0.0863 e. The molecule has 2 atom stereocenters. The van der Waals surface area contributed by atoms with Crippen LogP contribution in [0.2, 0.25) is 5.02 Å². The molecule has 108 valence electrons. The van der Waals surface area contributed by atoms with Crippen LogP contribution in [0, 0.1) is 5.92 Å². The molecule has 0 amide bonds. The summed E-state index contributed by atoms with van der Waals surface area (Å²) in [5.41, 5.74) is 2.05. The first-order chi connectivity index (χ1) is 9.21. The third-order valence-electron chi connectivity index (χ3n) is 4.12. The maximum atomic E-state index is 9.35. The van der Waals surface area contributed by atoms with Crippen molar-refractivity contribution in [2.24, 2.45) is 5.92 Å². The highest BCUT2D eigenvalue weighted by Crippen LogP contribution is 2.27. The van der Waals surface area contributed by atoms with Gasteiger partial charge in [-0.1, -0.05) is 24.9 Å². The average Bonchev–Trinajstić information content (AvgIpc) is 3.00. The molecule has 4 nitrogen and oxygen atoms in total. The van der Waals surface area contributed by atoms with Crippen molar-refractivity contribution in [1.82, 2.24) is 15.1 Å². The maximum absolute atomic E-state index is 9.35. The number of hydrogen-bond acceptors (Lipinski definition) is 3. The van der Waals surface area contributed by atoms with Crippen molar-refractivity contribution in [3.05, 3.63) is 16.4 Å². The number of rotatable bonds is 6. The van der Waals surface area contributed by atoms with Crippen molar-refractivity contribution in [3.8, 4) is 0 Å². The van der Waals surface area contributed by atoms with Crippen LogP contribution in [0.25, 0.3) is 0 Å². The first-order valence-corrected chi connectivity index (χ1v) is 7.67. The summed E-state index contributed by atoms with van der Waals surface area (Å²) >= 11 is 6.39. The molecule has 1 saturated carbocycles. The molecule has 1 aliphatic rings. The van der Waals surface area contributed by atoms with Crippen molar-refractivity contribution < 1.29 is 5.11 Å². The number of aliphatic hydroxyl groups excluding tert-OH is 1. The second-order valence-electron chi connectivity index (χ2n) is 5.24. The molecule has 2 rings (SSSR count). The van der Waals surface area contributed by atoms with Crippen LogP contribution in [-0.4, -0.2) is 27.5 Å². The standard InChI is InChI=1S/C14H24ClN3O/c1-3-11-14(15)13(18(4-2)17-11)8-16-12-7-5-6-10(12)9-19/h10,12,16,19H,3-9H2,1-2H3. The normalized spacial score (nSPS) is 23.2. The smallest absolute Gasteiger partial charge is 0.0863 e. The minimum Gasteiger partial charge on any atom is -0.396 e. The van der Waals surface area contributed by atoms with Crippen LogP contribution in [0.1, 0.15) is 44.5 Å². The fourth-order valence-corrected chi connectivity index (χ4v) is 3.27. The molecular formula is C14H24ClN3O. The molecule has 1 aliphatic carbocycles. The number of nitrogens with one attached hydrogen (secondary N) is 1. The van der Waals surface area contributed by atoms with Crippen LogP contribution in [0.15, 0.2) is 0 Å². The van der Waals surface area contributed by atoms with Gasteiger partial charge in [-0.2, -0.15) is 5.10 Å². The lowest BCUT2D eigenvalue weighted by Gasteiger charge is -2.19. The Morgan fingerprint density at radius 2 is 2.21 bits per heavy atom. The van der Waals surface area contributed by atoms with Crippen LogP contribution < -0.4 is 5.32 Å². The fraction of sp³-hybridized carbons (Fsp3) is 0.786. The van der Waals surface area contributed by atoms with Gasteiger partial charge in [0.2, 0.25) is 0 Å². The van der Waals surface area contributed by atoms with Crippen LogP contribution in [0.3, 0.4) is 0 Å². The molecule has 5 heteroatoms. The Labute approximate surface area is 120 Å². The van der Waals surface area contributed by atoms with E-state index in [1.165, 1.54) is 6.42 Å². The van der Waals surface area contributed by atoms with Crippen molar-refractivity contribution in [2.45, 2.75) is 58.7 Å². The summed E-state index contributed by atoms with van der Waals surface area (Å²) in [4.78, 5) is 0. The molecule has 0 aliphatic heterocycles. The number of halogens is 1. The summed E-state index contributed by atoms with van der Waals surface area (Å²) in [6.45, 7) is 6.01. The van der Waals surface area contributed by atoms with Gasteiger partial charge in [0.1, 0.15) is 0 Å². The minimum absolute atomic E-state index is 0.276. The predicted molar refractivity (Wildman–Crippen MR) is 77.3 cm³/mol. The van der Waals surface area contributed by atoms with Gasteiger partial charge in [-0.3, -0.25) is 4.68 Å². The van der Waals surface area contributed by atoms with E-state index in [1.54, 1.807) is 0 Å². The second kappa shape index (κ2) is 6.73. The van der Waals surface area contributed by atoms with Gasteiger partial charge in [-0.05, 0) is 32.1 Å². The molecule has 0 saturated heterocycles. The van der Waals surface area contributed by atoms with Gasteiger partial charge in [0.25, 0.3) is 0 Å². The summed E-state index contributed by atoms with van der Waals surface area (Å²) in [6, 6.07) is 0.409. The Morgan fingerprint density at radius 3 is 2.84 bits per heavy atom. The molecule has 19 heavy (non-hydrogen) atoms. The highest BCUT2D eigenvalue weighted by molar-refractivity contribution is 6.31. The van der Waals surface area contributed by atoms with Gasteiger partial charge in [0.05, 0.1) is 16.4 Å². The Morgan fingerprint density at radius 1 is 1.42 bits per heavy atom. The lowest BCUT2D eigenvalue weighted by atomic mass is 10.1. The van der Waals surface area contributed by atoms with E-state index >= 15 is 0 Å². The minimum atomic E-state index is 0.276. The van der Waals surface area contributed by atoms with E-state index in [9.17, 15) is 5.11 Å². The van der Waals surface area contributed by atoms with E-state index in [0.29, 0.717) is 12.0 Å². The van der Waals surface area contributed by atoms with Gasteiger partial charge in [-0.15, -0.1) is 0 Å². The molecular weight excluding hydrogens is 262 g/mol. The number of hydrogen-bond donors (Lipinski definition) is 2. The monoisotopic (exact) mass is 285 g/mol. The van der Waals surface area contributed by atoms with E-state index in [0.717, 1.165) is 48.8 Å². The fourth-order valence-electron chi connectivity index (χ4n) is 2.94. The summed E-state index contributed by atoms with van der Waals surface area (Å²) in [5.74, 6) is 0.391. The highest BCUT2D eigenvalue weighted by Gasteiger charge is 2.26. The first-order valence-electron chi connectivity index (χ1n) is 7.29. The molecule has 1 heterocycles. The van der Waals surface area contributed by atoms with Crippen molar-refractivity contribution in [3.63, 3.8) is 0 Å². The summed E-state index contributed by atoms with van der Waals surface area (Å²) in [6.07, 6.45) is 4.32. The molecule has 0 spiro atoms. The molecule has 1 aromatic heterocycles. The van der Waals surface area contributed by atoms with E-state index in [-0.39, 0.29) is 6.61 Å².